The highest BCUT2D eigenvalue weighted by molar-refractivity contribution is 6.28. The molecule has 0 aliphatic heterocycles. The zero-order valence-corrected chi connectivity index (χ0v) is 12.7. The molecule has 0 saturated carbocycles. The lowest BCUT2D eigenvalue weighted by Gasteiger charge is -2.21. The van der Waals surface area contributed by atoms with Crippen molar-refractivity contribution in [2.45, 2.75) is 39.7 Å². The van der Waals surface area contributed by atoms with Gasteiger partial charge < -0.3 is 15.4 Å². The number of hydrogen-bond donors (Lipinski definition) is 1. The number of hydrogen-bond acceptors (Lipinski definition) is 6. The van der Waals surface area contributed by atoms with Gasteiger partial charge in [0.05, 0.1) is 12.6 Å². The van der Waals surface area contributed by atoms with Crippen molar-refractivity contribution < 1.29 is 9.53 Å². The lowest BCUT2D eigenvalue weighted by molar-refractivity contribution is -0.116. The van der Waals surface area contributed by atoms with Crippen LogP contribution in [-0.2, 0) is 4.79 Å². The van der Waals surface area contributed by atoms with Gasteiger partial charge in [0.15, 0.2) is 0 Å². The summed E-state index contributed by atoms with van der Waals surface area (Å²) in [7, 11) is 0. The van der Waals surface area contributed by atoms with Gasteiger partial charge in [-0.15, -0.1) is 0 Å². The molecule has 8 heteroatoms. The van der Waals surface area contributed by atoms with Gasteiger partial charge in [0, 0.05) is 6.54 Å². The average molecular weight is 302 g/mol. The van der Waals surface area contributed by atoms with E-state index in [0.29, 0.717) is 12.5 Å². The Hall–Kier alpha value is -1.63. The van der Waals surface area contributed by atoms with Gasteiger partial charge in [0.25, 0.3) is 0 Å². The summed E-state index contributed by atoms with van der Waals surface area (Å²) in [6.07, 6.45) is 1.78. The van der Waals surface area contributed by atoms with Crippen LogP contribution in [0.3, 0.4) is 0 Å². The Kier molecular flexibility index (Phi) is 6.44. The molecule has 1 heterocycles. The SMILES string of the molecule is CCCCN(CC(N)=O)c1nc(Cl)nc(OC(C)C)n1. The predicted octanol–water partition coefficient (Wildman–Crippen LogP) is 1.40. The fourth-order valence-electron chi connectivity index (χ4n) is 1.51. The molecular weight excluding hydrogens is 282 g/mol. The zero-order chi connectivity index (χ0) is 15.1. The third kappa shape index (κ3) is 5.56. The van der Waals surface area contributed by atoms with Gasteiger partial charge >= 0.3 is 6.01 Å². The van der Waals surface area contributed by atoms with Crippen molar-refractivity contribution in [2.75, 3.05) is 18.0 Å². The minimum atomic E-state index is -0.455. The minimum Gasteiger partial charge on any atom is -0.461 e. The quantitative estimate of drug-likeness (QED) is 0.780. The van der Waals surface area contributed by atoms with Crippen molar-refractivity contribution in [3.63, 3.8) is 0 Å². The van der Waals surface area contributed by atoms with Crippen LogP contribution >= 0.6 is 11.6 Å². The molecule has 112 valence electrons. The summed E-state index contributed by atoms with van der Waals surface area (Å²) in [5.41, 5.74) is 5.24. The minimum absolute atomic E-state index is 0.0246. The first-order chi connectivity index (χ1) is 9.42. The molecule has 1 aromatic rings. The van der Waals surface area contributed by atoms with E-state index < -0.39 is 5.91 Å². The van der Waals surface area contributed by atoms with E-state index in [0.717, 1.165) is 12.8 Å². The molecular formula is C12H20ClN5O2. The molecule has 0 saturated heterocycles. The number of rotatable bonds is 8. The molecule has 1 rings (SSSR count). The van der Waals surface area contributed by atoms with Crippen LogP contribution in [0.1, 0.15) is 33.6 Å². The number of aromatic nitrogens is 3. The largest absolute Gasteiger partial charge is 0.461 e. The summed E-state index contributed by atoms with van der Waals surface area (Å²) in [6.45, 7) is 6.41. The number of carbonyl (C=O) groups excluding carboxylic acids is 1. The maximum absolute atomic E-state index is 11.1. The van der Waals surface area contributed by atoms with Gasteiger partial charge in [-0.25, -0.2) is 0 Å². The van der Waals surface area contributed by atoms with Crippen molar-refractivity contribution in [1.29, 1.82) is 0 Å². The molecule has 0 atom stereocenters. The zero-order valence-electron chi connectivity index (χ0n) is 12.0. The van der Waals surface area contributed by atoms with Crippen molar-refractivity contribution >= 4 is 23.5 Å². The normalized spacial score (nSPS) is 10.7. The molecule has 0 aliphatic carbocycles. The number of primary amides is 1. The number of amides is 1. The second-order valence-corrected chi connectivity index (χ2v) is 4.93. The van der Waals surface area contributed by atoms with Crippen molar-refractivity contribution in [1.82, 2.24) is 15.0 Å². The lowest BCUT2D eigenvalue weighted by atomic mass is 10.3. The topological polar surface area (TPSA) is 94.2 Å². The van der Waals surface area contributed by atoms with Gasteiger partial charge in [0.2, 0.25) is 17.1 Å². The Morgan fingerprint density at radius 1 is 1.40 bits per heavy atom. The first kappa shape index (κ1) is 16.4. The highest BCUT2D eigenvalue weighted by atomic mass is 35.5. The molecule has 20 heavy (non-hydrogen) atoms. The summed E-state index contributed by atoms with van der Waals surface area (Å²) in [6, 6.07) is 0.140. The second kappa shape index (κ2) is 7.84. The van der Waals surface area contributed by atoms with E-state index >= 15 is 0 Å². The molecule has 0 aromatic carbocycles. The fourth-order valence-corrected chi connectivity index (χ4v) is 1.66. The number of nitrogens with two attached hydrogens (primary N) is 1. The number of carbonyl (C=O) groups is 1. The van der Waals surface area contributed by atoms with Crippen LogP contribution in [0, 0.1) is 0 Å². The van der Waals surface area contributed by atoms with Gasteiger partial charge in [-0.1, -0.05) is 13.3 Å². The fraction of sp³-hybridized carbons (Fsp3) is 0.667. The number of unbranched alkanes of at least 4 members (excludes halogenated alkanes) is 1. The Morgan fingerprint density at radius 3 is 2.65 bits per heavy atom. The van der Waals surface area contributed by atoms with E-state index in [-0.39, 0.29) is 23.9 Å². The Morgan fingerprint density at radius 2 is 2.10 bits per heavy atom. The van der Waals surface area contributed by atoms with Gasteiger partial charge in [-0.05, 0) is 31.9 Å². The molecule has 0 radical (unpaired) electrons. The number of ether oxygens (including phenoxy) is 1. The molecule has 0 fully saturated rings. The maximum atomic E-state index is 11.1. The predicted molar refractivity (Wildman–Crippen MR) is 76.9 cm³/mol. The number of anilines is 1. The summed E-state index contributed by atoms with van der Waals surface area (Å²) in [4.78, 5) is 24.9. The van der Waals surface area contributed by atoms with E-state index in [4.69, 9.17) is 22.1 Å². The second-order valence-electron chi connectivity index (χ2n) is 4.60. The highest BCUT2D eigenvalue weighted by Crippen LogP contribution is 2.16. The van der Waals surface area contributed by atoms with Crippen molar-refractivity contribution in [3.8, 4) is 6.01 Å². The molecule has 2 N–H and O–H groups in total. The Labute approximate surface area is 123 Å². The van der Waals surface area contributed by atoms with Gasteiger partial charge in [-0.2, -0.15) is 15.0 Å². The van der Waals surface area contributed by atoms with Crippen molar-refractivity contribution in [2.24, 2.45) is 5.73 Å². The summed E-state index contributed by atoms with van der Waals surface area (Å²) < 4.78 is 5.41. The third-order valence-electron chi connectivity index (χ3n) is 2.33. The number of halogens is 1. The smallest absolute Gasteiger partial charge is 0.322 e. The van der Waals surface area contributed by atoms with Crippen LogP contribution in [0.4, 0.5) is 5.95 Å². The Bertz CT molecular complexity index is 455. The van der Waals surface area contributed by atoms with Crippen LogP contribution in [0.15, 0.2) is 0 Å². The third-order valence-corrected chi connectivity index (χ3v) is 2.50. The van der Waals surface area contributed by atoms with Crippen LogP contribution in [0.2, 0.25) is 5.28 Å². The highest BCUT2D eigenvalue weighted by Gasteiger charge is 2.15. The van der Waals surface area contributed by atoms with E-state index in [2.05, 4.69) is 21.9 Å². The lowest BCUT2D eigenvalue weighted by Crippen LogP contribution is -2.36. The van der Waals surface area contributed by atoms with E-state index in [9.17, 15) is 4.79 Å². The molecule has 1 aromatic heterocycles. The van der Waals surface area contributed by atoms with E-state index in [1.165, 1.54) is 0 Å². The average Bonchev–Trinajstić information content (AvgIpc) is 2.32. The monoisotopic (exact) mass is 301 g/mol. The molecule has 1 amide bonds. The molecule has 0 bridgehead atoms. The van der Waals surface area contributed by atoms with Gasteiger partial charge in [0.1, 0.15) is 0 Å². The first-order valence-electron chi connectivity index (χ1n) is 6.53. The molecule has 0 spiro atoms. The van der Waals surface area contributed by atoms with Crippen LogP contribution in [0.25, 0.3) is 0 Å². The van der Waals surface area contributed by atoms with Crippen molar-refractivity contribution in [3.05, 3.63) is 5.28 Å². The van der Waals surface area contributed by atoms with E-state index in [1.807, 2.05) is 13.8 Å². The Balaban J connectivity index is 2.98. The van der Waals surface area contributed by atoms with Gasteiger partial charge in [-0.3, -0.25) is 4.79 Å². The first-order valence-corrected chi connectivity index (χ1v) is 6.91. The molecule has 0 unspecified atom stereocenters. The maximum Gasteiger partial charge on any atom is 0.322 e. The molecule has 0 aliphatic rings. The summed E-state index contributed by atoms with van der Waals surface area (Å²) in [5, 5.41) is 0.0246. The van der Waals surface area contributed by atoms with Crippen LogP contribution < -0.4 is 15.4 Å². The standard InChI is InChI=1S/C12H20ClN5O2/c1-4-5-6-18(7-9(14)19)11-15-10(13)16-12(17-11)20-8(2)3/h8H,4-7H2,1-3H3,(H2,14,19). The van der Waals surface area contributed by atoms with Crippen LogP contribution in [-0.4, -0.2) is 40.1 Å². The van der Waals surface area contributed by atoms with Crippen LogP contribution in [0.5, 0.6) is 6.01 Å². The van der Waals surface area contributed by atoms with E-state index in [1.54, 1.807) is 4.90 Å². The number of nitrogens with zero attached hydrogens (tertiary/aromatic N) is 4. The summed E-state index contributed by atoms with van der Waals surface area (Å²) >= 11 is 5.86. The molecule has 7 nitrogen and oxygen atoms in total. The summed E-state index contributed by atoms with van der Waals surface area (Å²) in [5.74, 6) is -0.156.